The Balaban J connectivity index is 3.03. The summed E-state index contributed by atoms with van der Waals surface area (Å²) in [6, 6.07) is 5.81. The summed E-state index contributed by atoms with van der Waals surface area (Å²) in [5.41, 5.74) is 0. The van der Waals surface area contributed by atoms with E-state index in [-0.39, 0.29) is 4.90 Å². The van der Waals surface area contributed by atoms with Crippen LogP contribution in [-0.2, 0) is 15.3 Å². The van der Waals surface area contributed by atoms with Crippen molar-refractivity contribution in [2.45, 2.75) is 4.90 Å². The first kappa shape index (κ1) is 8.36. The first-order valence-electron chi connectivity index (χ1n) is 2.96. The van der Waals surface area contributed by atoms with Crippen molar-refractivity contribution in [2.24, 2.45) is 0 Å². The van der Waals surface area contributed by atoms with Gasteiger partial charge in [0.1, 0.15) is 10.7 Å². The maximum absolute atomic E-state index is 12.8. The fourth-order valence-electron chi connectivity index (χ4n) is 0.670. The highest BCUT2D eigenvalue weighted by atomic mass is 32.2. The van der Waals surface area contributed by atoms with E-state index in [1.54, 1.807) is 6.07 Å². The van der Waals surface area contributed by atoms with Gasteiger partial charge in [0.05, 0.1) is 7.11 Å². The van der Waals surface area contributed by atoms with Gasteiger partial charge in [-0.15, -0.1) is 0 Å². The van der Waals surface area contributed by atoms with Gasteiger partial charge in [0, 0.05) is 0 Å². The molecule has 0 saturated heterocycles. The van der Waals surface area contributed by atoms with Crippen molar-refractivity contribution in [1.82, 2.24) is 0 Å². The lowest BCUT2D eigenvalue weighted by atomic mass is 10.4. The summed E-state index contributed by atoms with van der Waals surface area (Å²) in [7, 11) is 1.27. The molecule has 0 radical (unpaired) electrons. The van der Waals surface area contributed by atoms with Crippen LogP contribution in [0.25, 0.3) is 0 Å². The molecule has 0 aliphatic carbocycles. The number of hydrogen-bond acceptors (Lipinski definition) is 2. The van der Waals surface area contributed by atoms with Crippen LogP contribution in [-0.4, -0.2) is 11.3 Å². The molecule has 0 amide bonds. The maximum Gasteiger partial charge on any atom is 0.191 e. The highest BCUT2D eigenvalue weighted by Gasteiger charge is 2.06. The number of rotatable bonds is 2. The molecule has 0 spiro atoms. The van der Waals surface area contributed by atoms with Gasteiger partial charge in [-0.05, 0) is 12.1 Å². The maximum atomic E-state index is 12.8. The molecular weight excluding hydrogens is 167 g/mol. The fraction of sp³-hybridized carbons (Fsp3) is 0.143. The molecule has 0 N–H and O–H groups in total. The Labute approximate surface area is 66.7 Å². The van der Waals surface area contributed by atoms with E-state index in [1.807, 2.05) is 0 Å². The van der Waals surface area contributed by atoms with Crippen LogP contribution in [0.1, 0.15) is 0 Å². The predicted octanol–water partition coefficient (Wildman–Crippen LogP) is 1.49. The Kier molecular flexibility index (Phi) is 2.73. The van der Waals surface area contributed by atoms with Gasteiger partial charge in [0.2, 0.25) is 0 Å². The zero-order chi connectivity index (χ0) is 8.27. The normalized spacial score (nSPS) is 12.9. The lowest BCUT2D eigenvalue weighted by molar-refractivity contribution is 0.441. The van der Waals surface area contributed by atoms with Gasteiger partial charge in [-0.2, -0.15) is 0 Å². The van der Waals surface area contributed by atoms with E-state index in [0.717, 1.165) is 0 Å². The fourth-order valence-corrected chi connectivity index (χ4v) is 1.27. The smallest absolute Gasteiger partial charge is 0.191 e. The van der Waals surface area contributed by atoms with Crippen molar-refractivity contribution in [3.05, 3.63) is 30.1 Å². The predicted molar refractivity (Wildman–Crippen MR) is 39.8 cm³/mol. The summed E-state index contributed by atoms with van der Waals surface area (Å²) in [5.74, 6) is -0.507. The minimum absolute atomic E-state index is 0.0787. The molecule has 0 aromatic heterocycles. The van der Waals surface area contributed by atoms with Gasteiger partial charge in [-0.1, -0.05) is 12.1 Å². The Morgan fingerprint density at radius 1 is 1.45 bits per heavy atom. The molecule has 1 aromatic rings. The summed E-state index contributed by atoms with van der Waals surface area (Å²) < 4.78 is 28.1. The van der Waals surface area contributed by atoms with Crippen LogP contribution in [0.4, 0.5) is 4.39 Å². The molecule has 1 aromatic carbocycles. The number of benzene rings is 1. The molecule has 0 saturated carbocycles. The molecule has 1 unspecified atom stereocenters. The molecule has 1 atom stereocenters. The molecule has 1 rings (SSSR count). The second-order valence-electron chi connectivity index (χ2n) is 1.83. The minimum atomic E-state index is -1.68. The zero-order valence-electron chi connectivity index (χ0n) is 5.91. The van der Waals surface area contributed by atoms with E-state index in [9.17, 15) is 8.60 Å². The summed E-state index contributed by atoms with van der Waals surface area (Å²) in [5, 5.41) is 0. The summed E-state index contributed by atoms with van der Waals surface area (Å²) in [6.45, 7) is 0. The Morgan fingerprint density at radius 2 is 2.09 bits per heavy atom. The second-order valence-corrected chi connectivity index (χ2v) is 3.07. The molecule has 60 valence electrons. The van der Waals surface area contributed by atoms with Crippen molar-refractivity contribution >= 4 is 11.1 Å². The van der Waals surface area contributed by atoms with Crippen LogP contribution in [0.15, 0.2) is 29.2 Å². The van der Waals surface area contributed by atoms with Gasteiger partial charge < -0.3 is 0 Å². The molecule has 0 fully saturated rings. The van der Waals surface area contributed by atoms with Crippen LogP contribution in [0.3, 0.4) is 0 Å². The molecular formula is C7H7FO2S. The zero-order valence-corrected chi connectivity index (χ0v) is 6.73. The van der Waals surface area contributed by atoms with E-state index in [0.29, 0.717) is 0 Å². The van der Waals surface area contributed by atoms with Gasteiger partial charge in [-0.25, -0.2) is 8.60 Å². The topological polar surface area (TPSA) is 26.3 Å². The Morgan fingerprint density at radius 3 is 2.64 bits per heavy atom. The van der Waals surface area contributed by atoms with Crippen molar-refractivity contribution in [3.8, 4) is 0 Å². The van der Waals surface area contributed by atoms with Crippen LogP contribution in [0.2, 0.25) is 0 Å². The average Bonchev–Trinajstić information content (AvgIpc) is 2.04. The number of hydrogen-bond donors (Lipinski definition) is 0. The molecule has 11 heavy (non-hydrogen) atoms. The first-order valence-corrected chi connectivity index (χ1v) is 4.04. The van der Waals surface area contributed by atoms with Crippen molar-refractivity contribution in [1.29, 1.82) is 0 Å². The highest BCUT2D eigenvalue weighted by Crippen LogP contribution is 2.11. The summed E-state index contributed by atoms with van der Waals surface area (Å²) in [4.78, 5) is 0.0787. The largest absolute Gasteiger partial charge is 0.290 e. The van der Waals surface area contributed by atoms with Gasteiger partial charge >= 0.3 is 0 Å². The second kappa shape index (κ2) is 3.59. The molecule has 0 heterocycles. The third kappa shape index (κ3) is 1.85. The summed E-state index contributed by atoms with van der Waals surface area (Å²) in [6.07, 6.45) is 0. The van der Waals surface area contributed by atoms with Crippen molar-refractivity contribution in [3.63, 3.8) is 0 Å². The van der Waals surface area contributed by atoms with E-state index in [4.69, 9.17) is 0 Å². The number of halogens is 1. The van der Waals surface area contributed by atoms with E-state index in [1.165, 1.54) is 25.3 Å². The third-order valence-electron chi connectivity index (χ3n) is 1.17. The van der Waals surface area contributed by atoms with Crippen LogP contribution < -0.4 is 0 Å². The standard InChI is InChI=1S/C7H7FO2S/c1-10-11(9)7-5-3-2-4-6(7)8/h2-5H,1H3. The van der Waals surface area contributed by atoms with Gasteiger partial charge in [0.15, 0.2) is 11.1 Å². The van der Waals surface area contributed by atoms with Crippen molar-refractivity contribution < 1.29 is 12.8 Å². The minimum Gasteiger partial charge on any atom is -0.290 e. The van der Waals surface area contributed by atoms with Crippen LogP contribution in [0.5, 0.6) is 0 Å². The van der Waals surface area contributed by atoms with E-state index < -0.39 is 16.9 Å². The van der Waals surface area contributed by atoms with E-state index >= 15 is 0 Å². The first-order chi connectivity index (χ1) is 5.25. The average molecular weight is 174 g/mol. The summed E-state index contributed by atoms with van der Waals surface area (Å²) >= 11 is -1.68. The van der Waals surface area contributed by atoms with Crippen LogP contribution >= 0.6 is 0 Å². The monoisotopic (exact) mass is 174 g/mol. The Bertz CT molecular complexity index is 275. The Hall–Kier alpha value is -0.740. The molecule has 0 bridgehead atoms. The van der Waals surface area contributed by atoms with E-state index in [2.05, 4.69) is 4.18 Å². The van der Waals surface area contributed by atoms with Gasteiger partial charge in [0.25, 0.3) is 0 Å². The molecule has 0 aliphatic heterocycles. The molecule has 2 nitrogen and oxygen atoms in total. The highest BCUT2D eigenvalue weighted by molar-refractivity contribution is 7.80. The van der Waals surface area contributed by atoms with Crippen molar-refractivity contribution in [2.75, 3.05) is 7.11 Å². The lowest BCUT2D eigenvalue weighted by Gasteiger charge is -1.98. The van der Waals surface area contributed by atoms with Crippen LogP contribution in [0, 0.1) is 5.82 Å². The molecule has 0 aliphatic rings. The third-order valence-corrected chi connectivity index (χ3v) is 2.16. The quantitative estimate of drug-likeness (QED) is 0.679. The lowest BCUT2D eigenvalue weighted by Crippen LogP contribution is -1.95. The molecule has 4 heteroatoms. The van der Waals surface area contributed by atoms with Gasteiger partial charge in [-0.3, -0.25) is 4.18 Å². The SMILES string of the molecule is COS(=O)c1ccccc1F.